The molecule has 1 unspecified atom stereocenters. The number of carbonyl (C=O) groups excluding carboxylic acids is 1. The molecule has 1 amide bonds. The van der Waals surface area contributed by atoms with Crippen LogP contribution in [0.2, 0.25) is 0 Å². The first-order chi connectivity index (χ1) is 14.4. The first-order valence-corrected chi connectivity index (χ1v) is 10.5. The molecule has 1 saturated carbocycles. The molecule has 1 saturated heterocycles. The number of nitrogens with zero attached hydrogens (tertiary/aromatic N) is 1. The van der Waals surface area contributed by atoms with E-state index in [1.54, 1.807) is 37.3 Å². The number of hydrogen-bond acceptors (Lipinski definition) is 3. The summed E-state index contributed by atoms with van der Waals surface area (Å²) in [6.07, 6.45) is 4.58. The van der Waals surface area contributed by atoms with Crippen LogP contribution in [-0.2, 0) is 16.9 Å². The summed E-state index contributed by atoms with van der Waals surface area (Å²) in [5.74, 6) is -1.14. The van der Waals surface area contributed by atoms with Gasteiger partial charge in [-0.3, -0.25) is 9.69 Å². The van der Waals surface area contributed by atoms with Crippen LogP contribution in [0, 0.1) is 12.7 Å². The molecule has 7 heteroatoms. The smallest absolute Gasteiger partial charge is 1.00 e. The normalized spacial score (nSPS) is 19.9. The van der Waals surface area contributed by atoms with Crippen LogP contribution in [0.1, 0.15) is 60.6 Å². The van der Waals surface area contributed by atoms with Crippen molar-refractivity contribution in [1.29, 1.82) is 0 Å². The van der Waals surface area contributed by atoms with E-state index in [1.807, 2.05) is 6.07 Å². The molecule has 2 aromatic carbocycles. The summed E-state index contributed by atoms with van der Waals surface area (Å²) in [5, 5.41) is 12.3. The SMILES string of the molecule is Cc1cc(CN2CCCCC2C(=O)NC2(c3ccc(C(=O)O)cc3)CC2)ccc1F.[H-].[Li+]. The Balaban J connectivity index is 0.00000181. The van der Waals surface area contributed by atoms with Crippen LogP contribution >= 0.6 is 0 Å². The van der Waals surface area contributed by atoms with E-state index in [9.17, 15) is 14.0 Å². The van der Waals surface area contributed by atoms with E-state index < -0.39 is 5.97 Å². The van der Waals surface area contributed by atoms with Gasteiger partial charge in [-0.15, -0.1) is 0 Å². The van der Waals surface area contributed by atoms with Crippen molar-refractivity contribution in [2.45, 2.75) is 57.2 Å². The third kappa shape index (κ3) is 5.20. The Hall–Kier alpha value is -2.13. The van der Waals surface area contributed by atoms with Crippen LogP contribution in [0.5, 0.6) is 0 Å². The van der Waals surface area contributed by atoms with E-state index in [2.05, 4.69) is 10.2 Å². The van der Waals surface area contributed by atoms with Gasteiger partial charge in [0.25, 0.3) is 0 Å². The molecular weight excluding hydrogens is 390 g/mol. The van der Waals surface area contributed by atoms with Crippen LogP contribution in [0.25, 0.3) is 0 Å². The number of nitrogens with one attached hydrogen (secondary N) is 1. The Morgan fingerprint density at radius 3 is 2.52 bits per heavy atom. The minimum Gasteiger partial charge on any atom is -1.00 e. The number of aryl methyl sites for hydroxylation is 1. The van der Waals surface area contributed by atoms with E-state index in [0.717, 1.165) is 49.8 Å². The number of amides is 1. The summed E-state index contributed by atoms with van der Waals surface area (Å²) in [5.41, 5.74) is 2.45. The number of piperidine rings is 1. The van der Waals surface area contributed by atoms with Crippen molar-refractivity contribution in [1.82, 2.24) is 10.2 Å². The van der Waals surface area contributed by atoms with Gasteiger partial charge in [-0.25, -0.2) is 9.18 Å². The second-order valence-electron chi connectivity index (χ2n) is 8.52. The zero-order valence-electron chi connectivity index (χ0n) is 19.2. The number of halogens is 1. The summed E-state index contributed by atoms with van der Waals surface area (Å²) >= 11 is 0. The van der Waals surface area contributed by atoms with Crippen molar-refractivity contribution in [3.05, 3.63) is 70.5 Å². The molecule has 1 aliphatic heterocycles. The van der Waals surface area contributed by atoms with E-state index >= 15 is 0 Å². The number of carbonyl (C=O) groups is 2. The molecule has 0 bridgehead atoms. The molecule has 1 aliphatic carbocycles. The average molecular weight is 418 g/mol. The fraction of sp³-hybridized carbons (Fsp3) is 0.417. The number of hydrogen-bond donors (Lipinski definition) is 2. The molecule has 31 heavy (non-hydrogen) atoms. The maximum Gasteiger partial charge on any atom is 1.00 e. The number of carboxylic acids is 1. The van der Waals surface area contributed by atoms with Crippen molar-refractivity contribution in [2.75, 3.05) is 6.54 Å². The molecule has 5 nitrogen and oxygen atoms in total. The maximum absolute atomic E-state index is 13.6. The first kappa shape index (κ1) is 23.5. The molecule has 2 N–H and O–H groups in total. The topological polar surface area (TPSA) is 69.6 Å². The average Bonchev–Trinajstić information content (AvgIpc) is 3.52. The minimum atomic E-state index is -0.954. The van der Waals surface area contributed by atoms with E-state index in [4.69, 9.17) is 5.11 Å². The first-order valence-electron chi connectivity index (χ1n) is 10.5. The number of rotatable bonds is 6. The van der Waals surface area contributed by atoms with Crippen LogP contribution in [-0.4, -0.2) is 34.5 Å². The van der Waals surface area contributed by atoms with Gasteiger partial charge in [-0.05, 0) is 74.0 Å². The van der Waals surface area contributed by atoms with E-state index in [0.29, 0.717) is 12.1 Å². The summed E-state index contributed by atoms with van der Waals surface area (Å²) < 4.78 is 13.6. The Bertz CT molecular complexity index is 966. The molecule has 0 radical (unpaired) electrons. The second-order valence-corrected chi connectivity index (χ2v) is 8.52. The van der Waals surface area contributed by atoms with E-state index in [1.165, 1.54) is 6.07 Å². The Morgan fingerprint density at radius 2 is 1.90 bits per heavy atom. The zero-order valence-corrected chi connectivity index (χ0v) is 18.2. The van der Waals surface area contributed by atoms with Crippen molar-refractivity contribution >= 4 is 11.9 Å². The zero-order chi connectivity index (χ0) is 21.3. The minimum absolute atomic E-state index is 0. The standard InChI is InChI=1S/C24H27FN2O3.Li.H/c1-16-14-17(5-10-20(16)25)15-27-13-3-2-4-21(27)22(28)26-24(11-12-24)19-8-6-18(7-9-19)23(29)30;;/h5-10,14,21H,2-4,11-13,15H2,1H3,(H,26,28)(H,29,30);;/q;+1;-1. The predicted molar refractivity (Wildman–Crippen MR) is 113 cm³/mol. The molecule has 0 spiro atoms. The fourth-order valence-corrected chi connectivity index (χ4v) is 4.38. The Labute approximate surface area is 195 Å². The van der Waals surface area contributed by atoms with Crippen LogP contribution < -0.4 is 24.2 Å². The van der Waals surface area contributed by atoms with Crippen molar-refractivity contribution < 1.29 is 39.4 Å². The van der Waals surface area contributed by atoms with Gasteiger partial charge in [0.05, 0.1) is 17.1 Å². The van der Waals surface area contributed by atoms with Crippen molar-refractivity contribution in [3.8, 4) is 0 Å². The van der Waals surface area contributed by atoms with Crippen LogP contribution in [0.15, 0.2) is 42.5 Å². The van der Waals surface area contributed by atoms with Gasteiger partial charge < -0.3 is 11.8 Å². The number of carboxylic acid groups (broad SMARTS) is 1. The molecule has 2 fully saturated rings. The maximum atomic E-state index is 13.6. The van der Waals surface area contributed by atoms with Gasteiger partial charge in [-0.2, -0.15) is 0 Å². The van der Waals surface area contributed by atoms with Gasteiger partial charge in [-0.1, -0.05) is 30.7 Å². The monoisotopic (exact) mass is 418 g/mol. The summed E-state index contributed by atoms with van der Waals surface area (Å²) in [6, 6.07) is 11.7. The second kappa shape index (κ2) is 9.56. The molecule has 2 aromatic rings. The van der Waals surface area contributed by atoms with Crippen LogP contribution in [0.3, 0.4) is 0 Å². The fourth-order valence-electron chi connectivity index (χ4n) is 4.38. The third-order valence-corrected chi connectivity index (χ3v) is 6.32. The van der Waals surface area contributed by atoms with Gasteiger partial charge >= 0.3 is 24.8 Å². The van der Waals surface area contributed by atoms with Crippen LogP contribution in [0.4, 0.5) is 4.39 Å². The molecule has 1 atom stereocenters. The van der Waals surface area contributed by atoms with Gasteiger partial charge in [0.15, 0.2) is 0 Å². The molecule has 160 valence electrons. The van der Waals surface area contributed by atoms with Crippen molar-refractivity contribution in [3.63, 3.8) is 0 Å². The molecule has 0 aromatic heterocycles. The number of benzene rings is 2. The van der Waals surface area contributed by atoms with Gasteiger partial charge in [0, 0.05) is 6.54 Å². The van der Waals surface area contributed by atoms with E-state index in [-0.39, 0.29) is 49.2 Å². The Kier molecular flexibility index (Phi) is 7.26. The molecular formula is C24H28FLiN2O3. The molecule has 4 rings (SSSR count). The van der Waals surface area contributed by atoms with Gasteiger partial charge in [0.2, 0.25) is 5.91 Å². The molecule has 2 aliphatic rings. The predicted octanol–water partition coefficient (Wildman–Crippen LogP) is 1.11. The summed E-state index contributed by atoms with van der Waals surface area (Å²) in [4.78, 5) is 26.5. The summed E-state index contributed by atoms with van der Waals surface area (Å²) in [6.45, 7) is 3.22. The quantitative estimate of drug-likeness (QED) is 0.690. The number of aromatic carboxylic acids is 1. The Morgan fingerprint density at radius 1 is 1.19 bits per heavy atom. The third-order valence-electron chi connectivity index (χ3n) is 6.32. The molecule has 1 heterocycles. The summed E-state index contributed by atoms with van der Waals surface area (Å²) in [7, 11) is 0. The van der Waals surface area contributed by atoms with Crippen molar-refractivity contribution in [2.24, 2.45) is 0 Å². The largest absolute Gasteiger partial charge is 1.00 e. The number of likely N-dealkylation sites (tertiary alicyclic amines) is 1. The van der Waals surface area contributed by atoms with Gasteiger partial charge in [0.1, 0.15) is 5.82 Å².